The number of rotatable bonds is 4. The first-order chi connectivity index (χ1) is 27.0. The van der Waals surface area contributed by atoms with Crippen LogP contribution in [0.5, 0.6) is 17.2 Å². The zero-order chi connectivity index (χ0) is 38.6. The molecule has 1 heterocycles. The molecule has 3 aliphatic rings. The summed E-state index contributed by atoms with van der Waals surface area (Å²) < 4.78 is 25.5. The molecule has 0 bridgehead atoms. The maximum atomic E-state index is 9.37. The molecule has 9 rings (SSSR count). The molecule has 5 aromatic carbocycles. The maximum absolute atomic E-state index is 9.37. The fourth-order valence-corrected chi connectivity index (χ4v) is 8.28. The van der Waals surface area contributed by atoms with Crippen molar-refractivity contribution in [2.24, 2.45) is 0 Å². The molecule has 0 aliphatic heterocycles. The molecule has 1 atom stereocenters. The third kappa shape index (κ3) is 9.30. The van der Waals surface area contributed by atoms with Crippen LogP contribution in [-0.2, 0) is 19.3 Å². The number of aromatic hydroxyl groups is 1. The SMILES string of the molecule is CCC.CCC.Oc1cccc2ccccc12.POc1ccc2ccccc2c1-c1c(Op2oc3c(c4c(o2)C=CCC4)CCC=C3)ccc2c1C=CCC2. The molecular formula is C48H52O5P2. The lowest BCUT2D eigenvalue weighted by Crippen LogP contribution is -2.01. The molecule has 6 aromatic rings. The summed E-state index contributed by atoms with van der Waals surface area (Å²) in [5.41, 5.74) is 6.98. The van der Waals surface area contributed by atoms with Crippen molar-refractivity contribution in [2.45, 2.75) is 79.1 Å². The molecule has 3 aliphatic carbocycles. The number of benzene rings is 5. The van der Waals surface area contributed by atoms with Gasteiger partial charge in [0.05, 0.1) is 9.47 Å². The van der Waals surface area contributed by atoms with E-state index in [1.54, 1.807) is 6.07 Å². The molecule has 1 aromatic heterocycles. The second-order valence-electron chi connectivity index (χ2n) is 13.7. The molecule has 0 fully saturated rings. The number of fused-ring (bicyclic) bond motifs is 6. The molecule has 0 spiro atoms. The van der Waals surface area contributed by atoms with Gasteiger partial charge in [0.1, 0.15) is 28.8 Å². The van der Waals surface area contributed by atoms with Crippen LogP contribution < -0.4 is 9.05 Å². The zero-order valence-electron chi connectivity index (χ0n) is 32.4. The minimum atomic E-state index is -1.73. The van der Waals surface area contributed by atoms with Gasteiger partial charge in [0.15, 0.2) is 0 Å². The van der Waals surface area contributed by atoms with E-state index in [0.717, 1.165) is 99.8 Å². The fraction of sp³-hybridized carbons (Fsp3) is 0.250. The Hall–Kier alpha value is -4.95. The first-order valence-electron chi connectivity index (χ1n) is 19.5. The van der Waals surface area contributed by atoms with Crippen molar-refractivity contribution in [2.75, 3.05) is 0 Å². The Morgan fingerprint density at radius 3 is 1.78 bits per heavy atom. The second kappa shape index (κ2) is 19.6. The lowest BCUT2D eigenvalue weighted by Gasteiger charge is -2.21. The summed E-state index contributed by atoms with van der Waals surface area (Å²) in [6.45, 7) is 8.50. The molecular weight excluding hydrogens is 718 g/mol. The van der Waals surface area contributed by atoms with Crippen molar-refractivity contribution in [1.82, 2.24) is 0 Å². The van der Waals surface area contributed by atoms with Gasteiger partial charge in [0, 0.05) is 27.6 Å². The van der Waals surface area contributed by atoms with E-state index in [0.29, 0.717) is 5.75 Å². The molecule has 1 N–H and O–H groups in total. The van der Waals surface area contributed by atoms with Crippen LogP contribution in [0.1, 0.15) is 93.6 Å². The van der Waals surface area contributed by atoms with Gasteiger partial charge in [0.25, 0.3) is 0 Å². The van der Waals surface area contributed by atoms with Gasteiger partial charge in [-0.15, -0.1) is 0 Å². The van der Waals surface area contributed by atoms with E-state index in [-0.39, 0.29) is 0 Å². The van der Waals surface area contributed by atoms with Gasteiger partial charge < -0.3 is 22.5 Å². The highest BCUT2D eigenvalue weighted by molar-refractivity contribution is 7.31. The number of phenolic OH excluding ortho intramolecular Hbond substituents is 1. The van der Waals surface area contributed by atoms with Crippen LogP contribution in [0.2, 0.25) is 0 Å². The van der Waals surface area contributed by atoms with E-state index in [2.05, 4.69) is 116 Å². The zero-order valence-corrected chi connectivity index (χ0v) is 34.4. The largest absolute Gasteiger partial charge is 0.507 e. The summed E-state index contributed by atoms with van der Waals surface area (Å²) in [6, 6.07) is 30.1. The highest BCUT2D eigenvalue weighted by Crippen LogP contribution is 2.49. The van der Waals surface area contributed by atoms with Crippen molar-refractivity contribution < 1.29 is 22.5 Å². The van der Waals surface area contributed by atoms with Crippen molar-refractivity contribution >= 4 is 57.5 Å². The molecule has 0 amide bonds. The Bertz CT molecular complexity index is 2320. The predicted octanol–water partition coefficient (Wildman–Crippen LogP) is 15.1. The minimum absolute atomic E-state index is 0.350. The average molecular weight is 771 g/mol. The Balaban J connectivity index is 0.000000252. The lowest BCUT2D eigenvalue weighted by molar-refractivity contribution is 0.466. The molecule has 0 saturated heterocycles. The highest BCUT2D eigenvalue weighted by Gasteiger charge is 2.24. The van der Waals surface area contributed by atoms with Crippen LogP contribution in [0.25, 0.3) is 50.9 Å². The van der Waals surface area contributed by atoms with Gasteiger partial charge in [-0.25, -0.2) is 0 Å². The van der Waals surface area contributed by atoms with Crippen molar-refractivity contribution in [1.29, 1.82) is 0 Å². The molecule has 284 valence electrons. The summed E-state index contributed by atoms with van der Waals surface area (Å²) in [5, 5.41) is 13.6. The Morgan fingerprint density at radius 2 is 1.15 bits per heavy atom. The van der Waals surface area contributed by atoms with Gasteiger partial charge in [-0.2, -0.15) is 0 Å². The van der Waals surface area contributed by atoms with Crippen LogP contribution in [-0.4, -0.2) is 5.11 Å². The molecule has 0 radical (unpaired) electrons. The first-order valence-corrected chi connectivity index (χ1v) is 21.1. The standard InChI is InChI=1S/C32H28O4P2.C10H8O.2C3H8/c37-33-29-19-17-21-9-1-3-11-23(21)31(29)32-24-12-4-2-10-22(24)18-20-30(32)36-38-34-27-15-7-5-13-25(27)26-14-6-8-16-28(26)35-38;11-10-7-3-5-8-4-1-2-6-9(8)10;2*1-3-2/h1,3-4,7-9,11-12,15-20H,2,5-6,10,13-14,37H2;1-7,11H;2*3H2,1-2H3. The van der Waals surface area contributed by atoms with E-state index in [4.69, 9.17) is 17.4 Å². The average Bonchev–Trinajstić information content (AvgIpc) is 3.38. The van der Waals surface area contributed by atoms with E-state index in [1.165, 1.54) is 29.5 Å². The van der Waals surface area contributed by atoms with Crippen molar-refractivity contribution in [3.05, 3.63) is 143 Å². The number of hydrogen-bond acceptors (Lipinski definition) is 5. The Labute approximate surface area is 329 Å². The Morgan fingerprint density at radius 1 is 0.600 bits per heavy atom. The van der Waals surface area contributed by atoms with Gasteiger partial charge in [-0.1, -0.05) is 138 Å². The third-order valence-electron chi connectivity index (χ3n) is 9.34. The maximum Gasteiger partial charge on any atom is 0.453 e. The smallest absolute Gasteiger partial charge is 0.453 e. The number of aryl methyl sites for hydroxylation is 1. The van der Waals surface area contributed by atoms with E-state index in [9.17, 15) is 5.11 Å². The van der Waals surface area contributed by atoms with Crippen LogP contribution >= 0.6 is 17.7 Å². The van der Waals surface area contributed by atoms with Crippen LogP contribution in [0, 0.1) is 0 Å². The van der Waals surface area contributed by atoms with E-state index >= 15 is 0 Å². The van der Waals surface area contributed by atoms with Gasteiger partial charge in [-0.3, -0.25) is 0 Å². The van der Waals surface area contributed by atoms with Crippen LogP contribution in [0.15, 0.2) is 118 Å². The fourth-order valence-electron chi connectivity index (χ4n) is 6.99. The van der Waals surface area contributed by atoms with Crippen LogP contribution in [0.4, 0.5) is 0 Å². The van der Waals surface area contributed by atoms with Gasteiger partial charge in [0.2, 0.25) is 0 Å². The highest BCUT2D eigenvalue weighted by atomic mass is 31.1. The molecule has 55 heavy (non-hydrogen) atoms. The summed E-state index contributed by atoms with van der Waals surface area (Å²) in [5.74, 6) is 3.61. The summed E-state index contributed by atoms with van der Waals surface area (Å²) >= 11 is 0. The van der Waals surface area contributed by atoms with Crippen LogP contribution in [0.3, 0.4) is 0 Å². The quantitative estimate of drug-likeness (QED) is 0.181. The monoisotopic (exact) mass is 770 g/mol. The first kappa shape index (κ1) is 39.7. The topological polar surface area (TPSA) is 65.0 Å². The summed E-state index contributed by atoms with van der Waals surface area (Å²) in [4.78, 5) is 0. The second-order valence-corrected chi connectivity index (χ2v) is 14.9. The molecule has 0 saturated carbocycles. The lowest BCUT2D eigenvalue weighted by atomic mass is 9.87. The Kier molecular flexibility index (Phi) is 14.1. The normalized spacial score (nSPS) is 13.1. The van der Waals surface area contributed by atoms with E-state index in [1.807, 2.05) is 42.5 Å². The number of phenols is 1. The van der Waals surface area contributed by atoms with Crippen molar-refractivity contribution in [3.8, 4) is 28.4 Å². The molecule has 5 nitrogen and oxygen atoms in total. The van der Waals surface area contributed by atoms with Gasteiger partial charge in [-0.05, 0) is 96.2 Å². The molecule has 1 unspecified atom stereocenters. The third-order valence-corrected chi connectivity index (χ3v) is 10.6. The van der Waals surface area contributed by atoms with Crippen molar-refractivity contribution in [3.63, 3.8) is 0 Å². The molecule has 7 heteroatoms. The number of hydrogen-bond donors (Lipinski definition) is 1. The predicted molar refractivity (Wildman–Crippen MR) is 237 cm³/mol. The van der Waals surface area contributed by atoms with Gasteiger partial charge >= 0.3 is 8.24 Å². The number of allylic oxidation sites excluding steroid dienone is 3. The van der Waals surface area contributed by atoms with E-state index < -0.39 is 8.24 Å². The summed E-state index contributed by atoms with van der Waals surface area (Å²) in [6.07, 6.45) is 21.4. The summed E-state index contributed by atoms with van der Waals surface area (Å²) in [7, 11) is 0.685. The minimum Gasteiger partial charge on any atom is -0.507 e.